The van der Waals surface area contributed by atoms with Gasteiger partial charge >= 0.3 is 0 Å². The van der Waals surface area contributed by atoms with E-state index in [2.05, 4.69) is 10.6 Å². The maximum atomic E-state index is 11.7. The van der Waals surface area contributed by atoms with Crippen LogP contribution in [-0.4, -0.2) is 49.4 Å². The van der Waals surface area contributed by atoms with E-state index >= 15 is 0 Å². The molecule has 0 saturated carbocycles. The van der Waals surface area contributed by atoms with Gasteiger partial charge in [-0.05, 0) is 44.7 Å². The molecule has 110 valence electrons. The number of nitrogens with one attached hydrogen (secondary N) is 2. The maximum Gasteiger partial charge on any atom is 0.241 e. The van der Waals surface area contributed by atoms with E-state index in [0.29, 0.717) is 12.3 Å². The molecule has 2 heterocycles. The van der Waals surface area contributed by atoms with Gasteiger partial charge in [0.25, 0.3) is 0 Å². The molecular weight excluding hydrogens is 266 g/mol. The van der Waals surface area contributed by atoms with Crippen LogP contribution in [0.1, 0.15) is 32.1 Å². The lowest BCUT2D eigenvalue weighted by atomic mass is 9.94. The van der Waals surface area contributed by atoms with Gasteiger partial charge in [-0.1, -0.05) is 0 Å². The predicted octanol–water partition coefficient (Wildman–Crippen LogP) is 0.536. The van der Waals surface area contributed by atoms with E-state index in [1.54, 1.807) is 0 Å². The third kappa shape index (κ3) is 5.37. The first-order chi connectivity index (χ1) is 8.75. The number of likely N-dealkylation sites (tertiary alicyclic amines) is 1. The molecule has 0 aliphatic carbocycles. The quantitative estimate of drug-likeness (QED) is 0.794. The van der Waals surface area contributed by atoms with Crippen LogP contribution in [0.3, 0.4) is 0 Å². The Bertz CT molecular complexity index is 300. The minimum absolute atomic E-state index is 0. The number of rotatable bonds is 4. The van der Waals surface area contributed by atoms with Crippen molar-refractivity contribution in [3.05, 3.63) is 0 Å². The van der Waals surface area contributed by atoms with Crippen LogP contribution in [0.15, 0.2) is 0 Å². The molecule has 2 aliphatic heterocycles. The fourth-order valence-electron chi connectivity index (χ4n) is 2.67. The summed E-state index contributed by atoms with van der Waals surface area (Å²) in [6.07, 6.45) is 4.87. The Morgan fingerprint density at radius 2 is 1.79 bits per heavy atom. The summed E-state index contributed by atoms with van der Waals surface area (Å²) in [5.74, 6) is 0.564. The molecule has 0 aromatic rings. The number of hydrogen-bond donors (Lipinski definition) is 2. The standard InChI is InChI=1S/C13H23N3O2.ClH/c17-12(9-11-3-5-14-6-4-11)15-10-13(18)16-7-1-2-8-16;/h11,14H,1-10H2,(H,15,17);1H. The van der Waals surface area contributed by atoms with Crippen LogP contribution < -0.4 is 10.6 Å². The molecule has 2 N–H and O–H groups in total. The molecule has 2 aliphatic rings. The fraction of sp³-hybridized carbons (Fsp3) is 0.846. The molecule has 2 amide bonds. The summed E-state index contributed by atoms with van der Waals surface area (Å²) in [7, 11) is 0. The largest absolute Gasteiger partial charge is 0.347 e. The SMILES string of the molecule is Cl.O=C(CC1CCNCC1)NCC(=O)N1CCCC1. The first-order valence-corrected chi connectivity index (χ1v) is 7.01. The van der Waals surface area contributed by atoms with E-state index in [1.165, 1.54) is 0 Å². The third-order valence-electron chi connectivity index (χ3n) is 3.83. The van der Waals surface area contributed by atoms with Gasteiger partial charge in [0.1, 0.15) is 0 Å². The van der Waals surface area contributed by atoms with Gasteiger partial charge in [-0.3, -0.25) is 9.59 Å². The van der Waals surface area contributed by atoms with Crippen LogP contribution in [-0.2, 0) is 9.59 Å². The lowest BCUT2D eigenvalue weighted by molar-refractivity contribution is -0.132. The molecule has 6 heteroatoms. The van der Waals surface area contributed by atoms with E-state index in [-0.39, 0.29) is 30.8 Å². The fourth-order valence-corrected chi connectivity index (χ4v) is 2.67. The predicted molar refractivity (Wildman–Crippen MR) is 76.3 cm³/mol. The van der Waals surface area contributed by atoms with E-state index in [1.807, 2.05) is 4.90 Å². The van der Waals surface area contributed by atoms with Crippen molar-refractivity contribution in [2.75, 3.05) is 32.7 Å². The van der Waals surface area contributed by atoms with Crippen molar-refractivity contribution < 1.29 is 9.59 Å². The normalized spacial score (nSPS) is 19.9. The highest BCUT2D eigenvalue weighted by Gasteiger charge is 2.20. The highest BCUT2D eigenvalue weighted by Crippen LogP contribution is 2.15. The summed E-state index contributed by atoms with van der Waals surface area (Å²) in [4.78, 5) is 25.3. The lowest BCUT2D eigenvalue weighted by Crippen LogP contribution is -2.39. The van der Waals surface area contributed by atoms with Crippen molar-refractivity contribution in [1.82, 2.24) is 15.5 Å². The Hall–Kier alpha value is -0.810. The van der Waals surface area contributed by atoms with Crippen molar-refractivity contribution >= 4 is 24.2 Å². The zero-order valence-corrected chi connectivity index (χ0v) is 12.1. The molecular formula is C13H24ClN3O2. The van der Waals surface area contributed by atoms with Crippen LogP contribution in [0, 0.1) is 5.92 Å². The molecule has 0 aromatic heterocycles. The molecule has 5 nitrogen and oxygen atoms in total. The zero-order chi connectivity index (χ0) is 12.8. The van der Waals surface area contributed by atoms with Crippen LogP contribution in [0.25, 0.3) is 0 Å². The molecule has 0 bridgehead atoms. The Morgan fingerprint density at radius 3 is 2.42 bits per heavy atom. The van der Waals surface area contributed by atoms with Crippen LogP contribution >= 0.6 is 12.4 Å². The van der Waals surface area contributed by atoms with Crippen LogP contribution in [0.2, 0.25) is 0 Å². The number of carbonyl (C=O) groups is 2. The second-order valence-corrected chi connectivity index (χ2v) is 5.26. The van der Waals surface area contributed by atoms with Gasteiger partial charge < -0.3 is 15.5 Å². The summed E-state index contributed by atoms with van der Waals surface area (Å²) in [5, 5.41) is 6.04. The van der Waals surface area contributed by atoms with Gasteiger partial charge in [-0.25, -0.2) is 0 Å². The van der Waals surface area contributed by atoms with E-state index < -0.39 is 0 Å². The summed E-state index contributed by atoms with van der Waals surface area (Å²) in [6.45, 7) is 3.88. The Labute approximate surface area is 120 Å². The van der Waals surface area contributed by atoms with Gasteiger partial charge in [0, 0.05) is 19.5 Å². The Balaban J connectivity index is 0.00000180. The highest BCUT2D eigenvalue weighted by atomic mass is 35.5. The second kappa shape index (κ2) is 8.38. The monoisotopic (exact) mass is 289 g/mol. The van der Waals surface area contributed by atoms with Crippen molar-refractivity contribution in [2.45, 2.75) is 32.1 Å². The van der Waals surface area contributed by atoms with Gasteiger partial charge in [0.2, 0.25) is 11.8 Å². The van der Waals surface area contributed by atoms with Gasteiger partial charge in [0.05, 0.1) is 6.54 Å². The molecule has 0 atom stereocenters. The van der Waals surface area contributed by atoms with Crippen LogP contribution in [0.5, 0.6) is 0 Å². The van der Waals surface area contributed by atoms with E-state index in [0.717, 1.165) is 51.9 Å². The molecule has 0 unspecified atom stereocenters. The van der Waals surface area contributed by atoms with Crippen molar-refractivity contribution in [3.63, 3.8) is 0 Å². The first-order valence-electron chi connectivity index (χ1n) is 7.01. The number of hydrogen-bond acceptors (Lipinski definition) is 3. The summed E-state index contributed by atoms with van der Waals surface area (Å²) in [5.41, 5.74) is 0. The topological polar surface area (TPSA) is 61.4 Å². The molecule has 0 aromatic carbocycles. The molecule has 0 spiro atoms. The molecule has 2 rings (SSSR count). The number of halogens is 1. The highest BCUT2D eigenvalue weighted by molar-refractivity contribution is 5.85. The van der Waals surface area contributed by atoms with E-state index in [9.17, 15) is 9.59 Å². The first kappa shape index (κ1) is 16.2. The number of carbonyl (C=O) groups excluding carboxylic acids is 2. The van der Waals surface area contributed by atoms with Crippen molar-refractivity contribution in [1.29, 1.82) is 0 Å². The van der Waals surface area contributed by atoms with E-state index in [4.69, 9.17) is 0 Å². The molecule has 2 saturated heterocycles. The third-order valence-corrected chi connectivity index (χ3v) is 3.83. The second-order valence-electron chi connectivity index (χ2n) is 5.26. The Kier molecular flexibility index (Phi) is 7.16. The van der Waals surface area contributed by atoms with Gasteiger partial charge in [-0.2, -0.15) is 0 Å². The number of nitrogens with zero attached hydrogens (tertiary/aromatic N) is 1. The summed E-state index contributed by atoms with van der Waals surface area (Å²) >= 11 is 0. The number of piperidine rings is 1. The lowest BCUT2D eigenvalue weighted by Gasteiger charge is -2.22. The minimum Gasteiger partial charge on any atom is -0.347 e. The summed E-state index contributed by atoms with van der Waals surface area (Å²) in [6, 6.07) is 0. The van der Waals surface area contributed by atoms with Crippen LogP contribution in [0.4, 0.5) is 0 Å². The molecule has 0 radical (unpaired) electrons. The average molecular weight is 290 g/mol. The minimum atomic E-state index is 0. The van der Waals surface area contributed by atoms with Crippen molar-refractivity contribution in [2.24, 2.45) is 5.92 Å². The Morgan fingerprint density at radius 1 is 1.16 bits per heavy atom. The van der Waals surface area contributed by atoms with Gasteiger partial charge in [-0.15, -0.1) is 12.4 Å². The molecule has 19 heavy (non-hydrogen) atoms. The molecule has 2 fully saturated rings. The zero-order valence-electron chi connectivity index (χ0n) is 11.3. The number of amides is 2. The maximum absolute atomic E-state index is 11.7. The van der Waals surface area contributed by atoms with Crippen molar-refractivity contribution in [3.8, 4) is 0 Å². The summed E-state index contributed by atoms with van der Waals surface area (Å²) < 4.78 is 0. The van der Waals surface area contributed by atoms with Gasteiger partial charge in [0.15, 0.2) is 0 Å². The smallest absolute Gasteiger partial charge is 0.241 e. The average Bonchev–Trinajstić information content (AvgIpc) is 2.91.